The minimum absolute atomic E-state index is 0.0449. The Morgan fingerprint density at radius 2 is 2.24 bits per heavy atom. The van der Waals surface area contributed by atoms with Crippen LogP contribution in [-0.4, -0.2) is 16.9 Å². The lowest BCUT2D eigenvalue weighted by atomic mass is 10.1. The number of amides is 1. The van der Waals surface area contributed by atoms with Gasteiger partial charge in [0, 0.05) is 17.3 Å². The van der Waals surface area contributed by atoms with Crippen molar-refractivity contribution in [2.45, 2.75) is 39.2 Å². The lowest BCUT2D eigenvalue weighted by molar-refractivity contribution is 0.0937. The zero-order valence-electron chi connectivity index (χ0n) is 10.2. The fourth-order valence-corrected chi connectivity index (χ4v) is 2.62. The number of hydrogen-bond donors (Lipinski definition) is 1. The Bertz CT molecular complexity index is 413. The molecule has 1 aromatic rings. The van der Waals surface area contributed by atoms with Gasteiger partial charge in [0.2, 0.25) is 0 Å². The van der Waals surface area contributed by atoms with E-state index in [1.807, 2.05) is 6.92 Å². The molecule has 1 saturated carbocycles. The third-order valence-corrected chi connectivity index (χ3v) is 3.41. The van der Waals surface area contributed by atoms with Gasteiger partial charge in [0.25, 0.3) is 5.91 Å². The second-order valence-corrected chi connectivity index (χ2v) is 5.30. The summed E-state index contributed by atoms with van der Waals surface area (Å²) in [6.07, 6.45) is 3.34. The van der Waals surface area contributed by atoms with Crippen LogP contribution in [0.15, 0.2) is 12.1 Å². The van der Waals surface area contributed by atoms with Gasteiger partial charge in [-0.3, -0.25) is 4.79 Å². The van der Waals surface area contributed by atoms with Crippen molar-refractivity contribution < 1.29 is 4.79 Å². The monoisotopic (exact) mass is 252 g/mol. The molecule has 92 valence electrons. The summed E-state index contributed by atoms with van der Waals surface area (Å²) in [6.45, 7) is 4.06. The molecule has 0 aliphatic heterocycles. The number of rotatable bonds is 2. The van der Waals surface area contributed by atoms with E-state index in [0.29, 0.717) is 22.7 Å². The van der Waals surface area contributed by atoms with Crippen LogP contribution in [0.2, 0.25) is 5.15 Å². The summed E-state index contributed by atoms with van der Waals surface area (Å²) in [6, 6.07) is 3.69. The standard InChI is InChI=1S/C13H17ClN2O/c1-8-3-4-11(5-8)16-13(17)10-6-9(2)15-12(14)7-10/h6-8,11H,3-5H2,1-2H3,(H,16,17). The van der Waals surface area contributed by atoms with E-state index in [0.717, 1.165) is 18.5 Å². The Hall–Kier alpha value is -1.09. The van der Waals surface area contributed by atoms with Crippen molar-refractivity contribution in [3.8, 4) is 0 Å². The van der Waals surface area contributed by atoms with Crippen molar-refractivity contribution in [1.82, 2.24) is 10.3 Å². The molecule has 1 amide bonds. The van der Waals surface area contributed by atoms with Gasteiger partial charge in [-0.2, -0.15) is 0 Å². The summed E-state index contributed by atoms with van der Waals surface area (Å²) in [5, 5.41) is 3.42. The fraction of sp³-hybridized carbons (Fsp3) is 0.538. The minimum atomic E-state index is -0.0449. The van der Waals surface area contributed by atoms with Crippen molar-refractivity contribution in [1.29, 1.82) is 0 Å². The summed E-state index contributed by atoms with van der Waals surface area (Å²) in [4.78, 5) is 16.1. The number of hydrogen-bond acceptors (Lipinski definition) is 2. The maximum absolute atomic E-state index is 12.0. The topological polar surface area (TPSA) is 42.0 Å². The third-order valence-electron chi connectivity index (χ3n) is 3.21. The van der Waals surface area contributed by atoms with Crippen molar-refractivity contribution in [2.24, 2.45) is 5.92 Å². The van der Waals surface area contributed by atoms with E-state index in [9.17, 15) is 4.79 Å². The number of carbonyl (C=O) groups excluding carboxylic acids is 1. The zero-order valence-corrected chi connectivity index (χ0v) is 10.9. The Kier molecular flexibility index (Phi) is 3.67. The summed E-state index contributed by atoms with van der Waals surface area (Å²) in [7, 11) is 0. The molecule has 1 heterocycles. The number of halogens is 1. The van der Waals surface area contributed by atoms with Crippen LogP contribution >= 0.6 is 11.6 Å². The van der Waals surface area contributed by atoms with Gasteiger partial charge in [0.15, 0.2) is 0 Å². The second kappa shape index (κ2) is 5.05. The normalized spacial score (nSPS) is 23.7. The maximum Gasteiger partial charge on any atom is 0.251 e. The van der Waals surface area contributed by atoms with Gasteiger partial charge in [-0.1, -0.05) is 18.5 Å². The number of aromatic nitrogens is 1. The molecule has 2 unspecified atom stereocenters. The van der Waals surface area contributed by atoms with Crippen LogP contribution in [0.4, 0.5) is 0 Å². The summed E-state index contributed by atoms with van der Waals surface area (Å²) in [5.74, 6) is 0.666. The highest BCUT2D eigenvalue weighted by molar-refractivity contribution is 6.29. The third kappa shape index (κ3) is 3.19. The molecule has 1 aliphatic rings. The highest BCUT2D eigenvalue weighted by atomic mass is 35.5. The van der Waals surface area contributed by atoms with Crippen LogP contribution in [-0.2, 0) is 0 Å². The van der Waals surface area contributed by atoms with Gasteiger partial charge in [-0.05, 0) is 44.2 Å². The van der Waals surface area contributed by atoms with Crippen LogP contribution in [0.3, 0.4) is 0 Å². The lowest BCUT2D eigenvalue weighted by Gasteiger charge is -2.12. The van der Waals surface area contributed by atoms with E-state index in [4.69, 9.17) is 11.6 Å². The molecule has 1 aromatic heterocycles. The first-order valence-corrected chi connectivity index (χ1v) is 6.37. The highest BCUT2D eigenvalue weighted by Crippen LogP contribution is 2.24. The Morgan fingerprint density at radius 1 is 1.47 bits per heavy atom. The van der Waals surface area contributed by atoms with E-state index in [1.165, 1.54) is 6.42 Å². The SMILES string of the molecule is Cc1cc(C(=O)NC2CCC(C)C2)cc(Cl)n1. The largest absolute Gasteiger partial charge is 0.349 e. The maximum atomic E-state index is 12.0. The van der Waals surface area contributed by atoms with E-state index in [2.05, 4.69) is 17.2 Å². The molecular formula is C13H17ClN2O. The molecule has 1 N–H and O–H groups in total. The van der Waals surface area contributed by atoms with Crippen molar-refractivity contribution in [3.05, 3.63) is 28.5 Å². The van der Waals surface area contributed by atoms with Gasteiger partial charge >= 0.3 is 0 Å². The van der Waals surface area contributed by atoms with E-state index < -0.39 is 0 Å². The van der Waals surface area contributed by atoms with E-state index in [-0.39, 0.29) is 5.91 Å². The quantitative estimate of drug-likeness (QED) is 0.823. The molecule has 2 atom stereocenters. The van der Waals surface area contributed by atoms with Crippen LogP contribution in [0, 0.1) is 12.8 Å². The molecule has 0 aromatic carbocycles. The number of nitrogens with zero attached hydrogens (tertiary/aromatic N) is 1. The van der Waals surface area contributed by atoms with Gasteiger partial charge < -0.3 is 5.32 Å². The molecule has 1 fully saturated rings. The summed E-state index contributed by atoms with van der Waals surface area (Å²) in [5.41, 5.74) is 1.37. The van der Waals surface area contributed by atoms with Crippen LogP contribution < -0.4 is 5.32 Å². The van der Waals surface area contributed by atoms with Crippen LogP contribution in [0.1, 0.15) is 42.2 Å². The first-order valence-electron chi connectivity index (χ1n) is 5.99. The zero-order chi connectivity index (χ0) is 12.4. The molecule has 0 saturated heterocycles. The Labute approximate surface area is 107 Å². The summed E-state index contributed by atoms with van der Waals surface area (Å²) < 4.78 is 0. The van der Waals surface area contributed by atoms with E-state index in [1.54, 1.807) is 12.1 Å². The average molecular weight is 253 g/mol. The molecule has 0 spiro atoms. The van der Waals surface area contributed by atoms with Crippen molar-refractivity contribution in [2.75, 3.05) is 0 Å². The Balaban J connectivity index is 2.04. The van der Waals surface area contributed by atoms with Gasteiger partial charge in [-0.25, -0.2) is 4.98 Å². The Morgan fingerprint density at radius 3 is 2.82 bits per heavy atom. The van der Waals surface area contributed by atoms with E-state index >= 15 is 0 Å². The number of pyridine rings is 1. The molecule has 0 radical (unpaired) electrons. The highest BCUT2D eigenvalue weighted by Gasteiger charge is 2.23. The first-order chi connectivity index (χ1) is 8.04. The van der Waals surface area contributed by atoms with Gasteiger partial charge in [0.05, 0.1) is 0 Å². The van der Waals surface area contributed by atoms with Crippen molar-refractivity contribution >= 4 is 17.5 Å². The minimum Gasteiger partial charge on any atom is -0.349 e. The van der Waals surface area contributed by atoms with Crippen molar-refractivity contribution in [3.63, 3.8) is 0 Å². The molecule has 3 nitrogen and oxygen atoms in total. The fourth-order valence-electron chi connectivity index (χ4n) is 2.37. The number of nitrogens with one attached hydrogen (secondary N) is 1. The molecule has 1 aliphatic carbocycles. The summed E-state index contributed by atoms with van der Waals surface area (Å²) >= 11 is 5.84. The van der Waals surface area contributed by atoms with Gasteiger partial charge in [0.1, 0.15) is 5.15 Å². The van der Waals surface area contributed by atoms with Crippen LogP contribution in [0.5, 0.6) is 0 Å². The molecule has 0 bridgehead atoms. The molecule has 2 rings (SSSR count). The lowest BCUT2D eigenvalue weighted by Crippen LogP contribution is -2.32. The molecule has 17 heavy (non-hydrogen) atoms. The molecule has 4 heteroatoms. The average Bonchev–Trinajstić information content (AvgIpc) is 2.62. The second-order valence-electron chi connectivity index (χ2n) is 4.91. The predicted molar refractivity (Wildman–Crippen MR) is 68.3 cm³/mol. The first kappa shape index (κ1) is 12.4. The predicted octanol–water partition coefficient (Wildman–Crippen LogP) is 2.96. The van der Waals surface area contributed by atoms with Crippen LogP contribution in [0.25, 0.3) is 0 Å². The van der Waals surface area contributed by atoms with Gasteiger partial charge in [-0.15, -0.1) is 0 Å². The smallest absolute Gasteiger partial charge is 0.251 e. The molecular weight excluding hydrogens is 236 g/mol. The number of carbonyl (C=O) groups is 1. The number of aryl methyl sites for hydroxylation is 1.